The monoisotopic (exact) mass is 549 g/mol. The first kappa shape index (κ1) is 30.1. The topological polar surface area (TPSA) is 193 Å². The third kappa shape index (κ3) is 8.79. The largest absolute Gasteiger partial charge is 0.463 e. The molecule has 0 aromatic heterocycles. The molecular weight excluding hydrogens is 522 g/mol. The molecule has 2 rings (SSSR count). The van der Waals surface area contributed by atoms with E-state index in [1.165, 1.54) is 0 Å². The summed E-state index contributed by atoms with van der Waals surface area (Å²) in [6, 6.07) is 10.2. The van der Waals surface area contributed by atoms with Crippen LogP contribution in [0.1, 0.15) is 27.7 Å². The summed E-state index contributed by atoms with van der Waals surface area (Å²) >= 11 is 0.735. The van der Waals surface area contributed by atoms with Gasteiger partial charge < -0.3 is 34.7 Å². The molecule has 14 heteroatoms. The van der Waals surface area contributed by atoms with Crippen LogP contribution in [0.25, 0.3) is 0 Å². The molecule has 13 nitrogen and oxygen atoms in total. The van der Waals surface area contributed by atoms with Crippen LogP contribution in [0, 0.1) is 11.3 Å². The summed E-state index contributed by atoms with van der Waals surface area (Å²) in [5, 5.41) is 12.5. The SMILES string of the molecule is CC(=O)OC[C@H]1O[C@@H](S/C(Nc2ccccc2)=C(\C#N)C(N)=O)[C@H](OC(C)=O)[C@@H](OC(C)=O)[C@@H]1OC(C)=O. The van der Waals surface area contributed by atoms with E-state index < -0.39 is 71.8 Å². The van der Waals surface area contributed by atoms with Crippen LogP contribution in [0.2, 0.25) is 0 Å². The Morgan fingerprint density at radius 1 is 0.921 bits per heavy atom. The first-order valence-corrected chi connectivity index (χ1v) is 12.0. The molecule has 38 heavy (non-hydrogen) atoms. The molecule has 0 unspecified atom stereocenters. The van der Waals surface area contributed by atoms with Crippen LogP contribution in [0.4, 0.5) is 5.69 Å². The lowest BCUT2D eigenvalue weighted by atomic mass is 9.99. The van der Waals surface area contributed by atoms with Gasteiger partial charge in [-0.2, -0.15) is 5.26 Å². The summed E-state index contributed by atoms with van der Waals surface area (Å²) < 4.78 is 27.2. The van der Waals surface area contributed by atoms with E-state index in [4.69, 9.17) is 29.4 Å². The second-order valence-corrected chi connectivity index (χ2v) is 8.97. The van der Waals surface area contributed by atoms with E-state index in [9.17, 15) is 29.2 Å². The number of hydrogen-bond donors (Lipinski definition) is 2. The fourth-order valence-electron chi connectivity index (χ4n) is 3.42. The number of para-hydroxylation sites is 1. The standard InChI is InChI=1S/C24H27N3O10S/c1-12(28)33-11-18-19(34-13(2)29)20(35-14(3)30)21(36-15(4)31)24(37-18)38-23(17(10-25)22(26)32)27-16-8-6-5-7-9-16/h5-9,18-21,24,27H,11H2,1-4H3,(H2,26,32)/b23-17+/t18-,19-,20+,21-,24+/m1/s1. The van der Waals surface area contributed by atoms with Crippen molar-refractivity contribution in [2.75, 3.05) is 11.9 Å². The van der Waals surface area contributed by atoms with Crippen LogP contribution in [0.5, 0.6) is 0 Å². The number of carbonyl (C=O) groups is 5. The number of hydrogen-bond acceptors (Lipinski definition) is 13. The molecule has 3 N–H and O–H groups in total. The zero-order chi connectivity index (χ0) is 28.4. The highest BCUT2D eigenvalue weighted by Crippen LogP contribution is 2.38. The van der Waals surface area contributed by atoms with Crippen molar-refractivity contribution in [3.8, 4) is 6.07 Å². The fourth-order valence-corrected chi connectivity index (χ4v) is 4.64. The van der Waals surface area contributed by atoms with Gasteiger partial charge in [-0.05, 0) is 12.1 Å². The number of primary amides is 1. The average Bonchev–Trinajstić information content (AvgIpc) is 2.81. The molecular formula is C24H27N3O10S. The number of anilines is 1. The van der Waals surface area contributed by atoms with E-state index in [0.717, 1.165) is 39.5 Å². The minimum atomic E-state index is -1.41. The van der Waals surface area contributed by atoms with Crippen molar-refractivity contribution in [1.82, 2.24) is 0 Å². The van der Waals surface area contributed by atoms with Crippen molar-refractivity contribution in [2.24, 2.45) is 5.73 Å². The Labute approximate surface area is 222 Å². The van der Waals surface area contributed by atoms with Crippen LogP contribution in [0.15, 0.2) is 40.9 Å². The summed E-state index contributed by atoms with van der Waals surface area (Å²) in [4.78, 5) is 59.5. The molecule has 1 aliphatic rings. The molecule has 204 valence electrons. The molecule has 1 amide bonds. The maximum Gasteiger partial charge on any atom is 0.303 e. The Morgan fingerprint density at radius 2 is 1.47 bits per heavy atom. The number of thioether (sulfide) groups is 1. The average molecular weight is 550 g/mol. The summed E-state index contributed by atoms with van der Waals surface area (Å²) in [7, 11) is 0. The first-order chi connectivity index (χ1) is 17.9. The van der Waals surface area contributed by atoms with Crippen molar-refractivity contribution in [3.05, 3.63) is 40.9 Å². The van der Waals surface area contributed by atoms with Gasteiger partial charge in [-0.25, -0.2) is 0 Å². The number of nitrogens with two attached hydrogens (primary N) is 1. The number of amides is 1. The number of esters is 4. The smallest absolute Gasteiger partial charge is 0.303 e. The van der Waals surface area contributed by atoms with Crippen molar-refractivity contribution >= 4 is 47.2 Å². The Bertz CT molecular complexity index is 1130. The molecule has 5 atom stereocenters. The number of benzene rings is 1. The van der Waals surface area contributed by atoms with Crippen molar-refractivity contribution in [2.45, 2.75) is 57.5 Å². The number of ether oxygens (including phenoxy) is 5. The number of nitrogens with zero attached hydrogens (tertiary/aromatic N) is 1. The van der Waals surface area contributed by atoms with Gasteiger partial charge in [0.25, 0.3) is 5.91 Å². The van der Waals surface area contributed by atoms with Crippen LogP contribution >= 0.6 is 11.8 Å². The zero-order valence-electron chi connectivity index (χ0n) is 21.0. The summed E-state index contributed by atoms with van der Waals surface area (Å²) in [5.41, 5.74) is 4.16. The quantitative estimate of drug-likeness (QED) is 0.183. The number of carbonyl (C=O) groups excluding carboxylic acids is 5. The van der Waals surface area contributed by atoms with Crippen molar-refractivity contribution in [3.63, 3.8) is 0 Å². The van der Waals surface area contributed by atoms with E-state index in [0.29, 0.717) is 5.69 Å². The van der Waals surface area contributed by atoms with Gasteiger partial charge in [-0.1, -0.05) is 30.0 Å². The second kappa shape index (κ2) is 14.0. The van der Waals surface area contributed by atoms with Crippen molar-refractivity contribution < 1.29 is 47.7 Å². The molecule has 1 saturated heterocycles. The molecule has 1 heterocycles. The molecule has 1 aliphatic heterocycles. The summed E-state index contributed by atoms with van der Waals surface area (Å²) in [5.74, 6) is -4.09. The lowest BCUT2D eigenvalue weighted by molar-refractivity contribution is -0.237. The molecule has 1 aromatic rings. The summed E-state index contributed by atoms with van der Waals surface area (Å²) in [6.07, 6.45) is -5.37. The lowest BCUT2D eigenvalue weighted by Crippen LogP contribution is -2.61. The Morgan fingerprint density at radius 3 is 1.97 bits per heavy atom. The predicted octanol–water partition coefficient (Wildman–Crippen LogP) is 1.14. The Hall–Kier alpha value is -4.09. The second-order valence-electron chi connectivity index (χ2n) is 7.86. The van der Waals surface area contributed by atoms with Crippen LogP contribution in [-0.4, -0.2) is 66.2 Å². The number of nitrogens with one attached hydrogen (secondary N) is 1. The third-order valence-corrected chi connectivity index (χ3v) is 5.95. The number of rotatable bonds is 10. The summed E-state index contributed by atoms with van der Waals surface area (Å²) in [6.45, 7) is 4.02. The molecule has 0 spiro atoms. The van der Waals surface area contributed by atoms with E-state index in [1.807, 2.05) is 0 Å². The van der Waals surface area contributed by atoms with E-state index in [2.05, 4.69) is 5.32 Å². The maximum absolute atomic E-state index is 12.1. The van der Waals surface area contributed by atoms with Gasteiger partial charge in [0.15, 0.2) is 23.7 Å². The van der Waals surface area contributed by atoms with Crippen LogP contribution in [-0.2, 0) is 47.7 Å². The van der Waals surface area contributed by atoms with Gasteiger partial charge in [0.2, 0.25) is 0 Å². The lowest BCUT2D eigenvalue weighted by Gasteiger charge is -2.44. The van der Waals surface area contributed by atoms with Crippen molar-refractivity contribution in [1.29, 1.82) is 5.26 Å². The molecule has 0 radical (unpaired) electrons. The third-order valence-electron chi connectivity index (χ3n) is 4.80. The Kier molecular flexibility index (Phi) is 11.1. The molecule has 0 saturated carbocycles. The van der Waals surface area contributed by atoms with Gasteiger partial charge in [-0.15, -0.1) is 0 Å². The van der Waals surface area contributed by atoms with Gasteiger partial charge in [0, 0.05) is 33.4 Å². The molecule has 1 fully saturated rings. The van der Waals surface area contributed by atoms with Gasteiger partial charge >= 0.3 is 23.9 Å². The fraction of sp³-hybridized carbons (Fsp3) is 0.417. The van der Waals surface area contributed by atoms with Gasteiger partial charge in [0.1, 0.15) is 24.4 Å². The normalized spacial score (nSPS) is 23.1. The van der Waals surface area contributed by atoms with E-state index in [-0.39, 0.29) is 5.03 Å². The highest BCUT2D eigenvalue weighted by molar-refractivity contribution is 8.03. The molecule has 0 aliphatic carbocycles. The molecule has 0 bridgehead atoms. The van der Waals surface area contributed by atoms with E-state index in [1.54, 1.807) is 36.4 Å². The minimum Gasteiger partial charge on any atom is -0.463 e. The highest BCUT2D eigenvalue weighted by Gasteiger charge is 2.52. The maximum atomic E-state index is 12.1. The van der Waals surface area contributed by atoms with Gasteiger partial charge in [-0.3, -0.25) is 24.0 Å². The van der Waals surface area contributed by atoms with E-state index >= 15 is 0 Å². The predicted molar refractivity (Wildman–Crippen MR) is 131 cm³/mol. The van der Waals surface area contributed by atoms with Crippen LogP contribution in [0.3, 0.4) is 0 Å². The first-order valence-electron chi connectivity index (χ1n) is 11.2. The van der Waals surface area contributed by atoms with Gasteiger partial charge in [0.05, 0.1) is 5.03 Å². The zero-order valence-corrected chi connectivity index (χ0v) is 21.8. The molecule has 1 aromatic carbocycles. The minimum absolute atomic E-state index is 0.0629. The Balaban J connectivity index is 2.61. The van der Waals surface area contributed by atoms with Crippen LogP contribution < -0.4 is 11.1 Å². The highest BCUT2D eigenvalue weighted by atomic mass is 32.2. The number of nitriles is 1.